The van der Waals surface area contributed by atoms with Gasteiger partial charge in [0.2, 0.25) is 0 Å². The number of aliphatic hydroxyl groups excluding tert-OH is 1. The molecule has 0 fully saturated rings. The largest absolute Gasteiger partial charge is 0.399 e. The van der Waals surface area contributed by atoms with Gasteiger partial charge in [-0.2, -0.15) is 0 Å². The summed E-state index contributed by atoms with van der Waals surface area (Å²) < 4.78 is 0. The molecule has 0 aliphatic carbocycles. The molecule has 0 unspecified atom stereocenters. The van der Waals surface area contributed by atoms with Gasteiger partial charge in [0.05, 0.1) is 6.61 Å². The van der Waals surface area contributed by atoms with E-state index < -0.39 is 0 Å². The molecule has 0 spiro atoms. The van der Waals surface area contributed by atoms with Gasteiger partial charge in [0, 0.05) is 5.70 Å². The minimum absolute atomic E-state index is 0.0668. The van der Waals surface area contributed by atoms with Gasteiger partial charge in [0.25, 0.3) is 0 Å². The summed E-state index contributed by atoms with van der Waals surface area (Å²) in [6.45, 7) is 3.66. The normalized spacial score (nSPS) is 9.55. The Kier molecular flexibility index (Phi) is 2.28. The van der Waals surface area contributed by atoms with Gasteiger partial charge in [-0.3, -0.25) is 0 Å². The molecule has 0 radical (unpaired) electrons. The van der Waals surface area contributed by atoms with E-state index in [4.69, 9.17) is 10.8 Å². The van der Waals surface area contributed by atoms with E-state index in [1.165, 1.54) is 0 Å². The van der Waals surface area contributed by atoms with Gasteiger partial charge in [-0.25, -0.2) is 0 Å². The molecule has 58 valence electrons. The van der Waals surface area contributed by atoms with Crippen molar-refractivity contribution in [2.75, 3.05) is 0 Å². The van der Waals surface area contributed by atoms with Crippen LogP contribution in [-0.2, 0) is 6.61 Å². The molecule has 0 aliphatic rings. The van der Waals surface area contributed by atoms with E-state index in [1.54, 1.807) is 0 Å². The molecule has 0 amide bonds. The monoisotopic (exact) mass is 149 g/mol. The van der Waals surface area contributed by atoms with Gasteiger partial charge in [0.15, 0.2) is 0 Å². The average Bonchev–Trinajstić information content (AvgIpc) is 2.05. The molecule has 2 nitrogen and oxygen atoms in total. The first kappa shape index (κ1) is 7.82. The highest BCUT2D eigenvalue weighted by molar-refractivity contribution is 5.60. The van der Waals surface area contributed by atoms with Crippen molar-refractivity contribution in [2.45, 2.75) is 6.61 Å². The molecule has 2 heteroatoms. The second-order valence-corrected chi connectivity index (χ2v) is 2.38. The van der Waals surface area contributed by atoms with Crippen LogP contribution in [-0.4, -0.2) is 5.11 Å². The molecular formula is C9H11NO. The molecule has 1 aromatic rings. The Balaban J connectivity index is 2.91. The molecule has 3 N–H and O–H groups in total. The molecule has 11 heavy (non-hydrogen) atoms. The molecule has 0 bridgehead atoms. The lowest BCUT2D eigenvalue weighted by Gasteiger charge is -1.99. The van der Waals surface area contributed by atoms with Crippen LogP contribution >= 0.6 is 0 Å². The number of hydrogen-bond donors (Lipinski definition) is 2. The fourth-order valence-corrected chi connectivity index (χ4v) is 0.824. The molecule has 1 aromatic carbocycles. The quantitative estimate of drug-likeness (QED) is 0.661. The number of nitrogens with two attached hydrogens (primary N) is 1. The number of rotatable bonds is 2. The van der Waals surface area contributed by atoms with Crippen LogP contribution in [0.15, 0.2) is 30.8 Å². The Hall–Kier alpha value is -1.28. The Morgan fingerprint density at radius 2 is 1.91 bits per heavy atom. The van der Waals surface area contributed by atoms with Crippen LogP contribution in [0.2, 0.25) is 0 Å². The molecule has 0 atom stereocenters. The SMILES string of the molecule is C=C(N)c1ccc(CO)cc1. The minimum atomic E-state index is 0.0668. The van der Waals surface area contributed by atoms with E-state index in [1.807, 2.05) is 24.3 Å². The fraction of sp³-hybridized carbons (Fsp3) is 0.111. The van der Waals surface area contributed by atoms with Crippen LogP contribution in [0.5, 0.6) is 0 Å². The predicted octanol–water partition coefficient (Wildman–Crippen LogP) is 1.11. The zero-order valence-electron chi connectivity index (χ0n) is 6.25. The second kappa shape index (κ2) is 3.21. The first-order chi connectivity index (χ1) is 5.24. The van der Waals surface area contributed by atoms with Crippen molar-refractivity contribution in [1.82, 2.24) is 0 Å². The summed E-state index contributed by atoms with van der Waals surface area (Å²) >= 11 is 0. The van der Waals surface area contributed by atoms with Crippen molar-refractivity contribution in [3.63, 3.8) is 0 Å². The molecule has 0 saturated heterocycles. The van der Waals surface area contributed by atoms with E-state index >= 15 is 0 Å². The first-order valence-electron chi connectivity index (χ1n) is 3.38. The topological polar surface area (TPSA) is 46.2 Å². The van der Waals surface area contributed by atoms with Gasteiger partial charge >= 0.3 is 0 Å². The second-order valence-electron chi connectivity index (χ2n) is 2.38. The molecule has 0 aromatic heterocycles. The van der Waals surface area contributed by atoms with Crippen molar-refractivity contribution < 1.29 is 5.11 Å². The van der Waals surface area contributed by atoms with Crippen LogP contribution in [0, 0.1) is 0 Å². The van der Waals surface area contributed by atoms with Crippen molar-refractivity contribution in [3.05, 3.63) is 42.0 Å². The van der Waals surface area contributed by atoms with Crippen molar-refractivity contribution in [3.8, 4) is 0 Å². The summed E-state index contributed by atoms with van der Waals surface area (Å²) in [6.07, 6.45) is 0. The van der Waals surface area contributed by atoms with Crippen LogP contribution in [0.25, 0.3) is 5.70 Å². The third-order valence-corrected chi connectivity index (χ3v) is 1.51. The Morgan fingerprint density at radius 1 is 1.36 bits per heavy atom. The summed E-state index contributed by atoms with van der Waals surface area (Å²) in [5.74, 6) is 0. The van der Waals surface area contributed by atoms with Crippen LogP contribution < -0.4 is 5.73 Å². The molecule has 1 rings (SSSR count). The molecule has 0 heterocycles. The number of benzene rings is 1. The number of aliphatic hydroxyl groups is 1. The highest BCUT2D eigenvalue weighted by Crippen LogP contribution is 2.08. The van der Waals surface area contributed by atoms with Gasteiger partial charge in [0.1, 0.15) is 0 Å². The van der Waals surface area contributed by atoms with Crippen molar-refractivity contribution >= 4 is 5.70 Å². The lowest BCUT2D eigenvalue weighted by Crippen LogP contribution is -1.93. The average molecular weight is 149 g/mol. The van der Waals surface area contributed by atoms with Gasteiger partial charge in [-0.05, 0) is 11.1 Å². The van der Waals surface area contributed by atoms with Crippen molar-refractivity contribution in [2.24, 2.45) is 5.73 Å². The predicted molar refractivity (Wildman–Crippen MR) is 45.6 cm³/mol. The van der Waals surface area contributed by atoms with Gasteiger partial charge in [-0.1, -0.05) is 30.8 Å². The number of hydrogen-bond acceptors (Lipinski definition) is 2. The molecule has 0 aliphatic heterocycles. The maximum absolute atomic E-state index is 8.71. The third kappa shape index (κ3) is 1.82. The zero-order valence-corrected chi connectivity index (χ0v) is 6.25. The maximum Gasteiger partial charge on any atom is 0.0681 e. The van der Waals surface area contributed by atoms with E-state index in [0.29, 0.717) is 5.70 Å². The van der Waals surface area contributed by atoms with Gasteiger partial charge < -0.3 is 10.8 Å². The Labute approximate surface area is 66.0 Å². The van der Waals surface area contributed by atoms with Crippen LogP contribution in [0.4, 0.5) is 0 Å². The maximum atomic E-state index is 8.71. The van der Waals surface area contributed by atoms with E-state index in [-0.39, 0.29) is 6.61 Å². The third-order valence-electron chi connectivity index (χ3n) is 1.51. The first-order valence-corrected chi connectivity index (χ1v) is 3.38. The van der Waals surface area contributed by atoms with Crippen molar-refractivity contribution in [1.29, 1.82) is 0 Å². The summed E-state index contributed by atoms with van der Waals surface area (Å²) in [4.78, 5) is 0. The Bertz CT molecular complexity index is 251. The summed E-state index contributed by atoms with van der Waals surface area (Å²) in [7, 11) is 0. The van der Waals surface area contributed by atoms with Gasteiger partial charge in [-0.15, -0.1) is 0 Å². The zero-order chi connectivity index (χ0) is 8.27. The lowest BCUT2D eigenvalue weighted by molar-refractivity contribution is 0.282. The fourth-order valence-electron chi connectivity index (χ4n) is 0.824. The van der Waals surface area contributed by atoms with Crippen LogP contribution in [0.3, 0.4) is 0 Å². The summed E-state index contributed by atoms with van der Waals surface area (Å²) in [5.41, 5.74) is 7.79. The molecular weight excluding hydrogens is 138 g/mol. The highest BCUT2D eigenvalue weighted by atomic mass is 16.3. The minimum Gasteiger partial charge on any atom is -0.399 e. The van der Waals surface area contributed by atoms with E-state index in [2.05, 4.69) is 6.58 Å². The molecule has 0 saturated carbocycles. The van der Waals surface area contributed by atoms with E-state index in [9.17, 15) is 0 Å². The van der Waals surface area contributed by atoms with Crippen LogP contribution in [0.1, 0.15) is 11.1 Å². The summed E-state index contributed by atoms with van der Waals surface area (Å²) in [6, 6.07) is 7.34. The standard InChI is InChI=1S/C9H11NO/c1-7(10)9-4-2-8(6-11)3-5-9/h2-5,11H,1,6,10H2. The summed E-state index contributed by atoms with van der Waals surface area (Å²) in [5, 5.41) is 8.71. The Morgan fingerprint density at radius 3 is 2.27 bits per heavy atom. The lowest BCUT2D eigenvalue weighted by atomic mass is 10.1. The highest BCUT2D eigenvalue weighted by Gasteiger charge is 1.92. The smallest absolute Gasteiger partial charge is 0.0681 e. The van der Waals surface area contributed by atoms with E-state index in [0.717, 1.165) is 11.1 Å².